The summed E-state index contributed by atoms with van der Waals surface area (Å²) in [6.45, 7) is 0. The van der Waals surface area contributed by atoms with Crippen molar-refractivity contribution in [1.82, 2.24) is 15.3 Å². The van der Waals surface area contributed by atoms with Crippen LogP contribution in [0.5, 0.6) is 0 Å². The number of fused-ring (bicyclic) bond motifs is 1. The summed E-state index contributed by atoms with van der Waals surface area (Å²) in [6, 6.07) is 20.5. The third-order valence-electron chi connectivity index (χ3n) is 4.43. The molecule has 3 aromatic carbocycles. The maximum Gasteiger partial charge on any atom is 0.255 e. The zero-order valence-electron chi connectivity index (χ0n) is 15.6. The molecule has 1 heterocycles. The number of halogens is 1. The predicted molar refractivity (Wildman–Crippen MR) is 115 cm³/mol. The van der Waals surface area contributed by atoms with Gasteiger partial charge in [-0.1, -0.05) is 41.9 Å². The van der Waals surface area contributed by atoms with E-state index in [0.29, 0.717) is 33.2 Å². The van der Waals surface area contributed by atoms with Crippen LogP contribution in [0, 0.1) is 5.21 Å². The van der Waals surface area contributed by atoms with Crippen LogP contribution in [0.3, 0.4) is 0 Å². The van der Waals surface area contributed by atoms with Crippen LogP contribution < -0.4 is 10.5 Å². The van der Waals surface area contributed by atoms with Crippen molar-refractivity contribution in [2.45, 2.75) is 0 Å². The summed E-state index contributed by atoms with van der Waals surface area (Å²) >= 11 is 6.06. The van der Waals surface area contributed by atoms with Gasteiger partial charge in [0, 0.05) is 22.7 Å². The van der Waals surface area contributed by atoms with Crippen LogP contribution in [0.25, 0.3) is 22.8 Å². The number of aromatic amines is 1. The van der Waals surface area contributed by atoms with Gasteiger partial charge in [0.2, 0.25) is 0 Å². The molecule has 1 atom stereocenters. The average Bonchev–Trinajstić information content (AvgIpc) is 3.17. The normalized spacial score (nSPS) is 12.7. The molecule has 0 aliphatic rings. The number of nitrogens with zero attached hydrogens (tertiary/aromatic N) is 1. The van der Waals surface area contributed by atoms with Crippen molar-refractivity contribution in [1.29, 1.82) is 0 Å². The largest absolute Gasteiger partial charge is 0.595 e. The summed E-state index contributed by atoms with van der Waals surface area (Å²) < 4.78 is 0. The van der Waals surface area contributed by atoms with Gasteiger partial charge in [-0.2, -0.15) is 5.23 Å². The highest BCUT2D eigenvalue weighted by atomic mass is 35.5. The molecule has 1 unspecified atom stereocenters. The topological polar surface area (TPSA) is 106 Å². The van der Waals surface area contributed by atoms with Gasteiger partial charge < -0.3 is 15.5 Å². The van der Waals surface area contributed by atoms with E-state index in [1.807, 2.05) is 6.07 Å². The zero-order valence-corrected chi connectivity index (χ0v) is 16.4. The second-order valence-electron chi connectivity index (χ2n) is 6.56. The van der Waals surface area contributed by atoms with E-state index in [4.69, 9.17) is 11.6 Å². The highest BCUT2D eigenvalue weighted by molar-refractivity contribution is 6.31. The van der Waals surface area contributed by atoms with Crippen LogP contribution >= 0.6 is 11.6 Å². The second kappa shape index (κ2) is 8.48. The van der Waals surface area contributed by atoms with Crippen molar-refractivity contribution in [3.63, 3.8) is 0 Å². The first kappa shape index (κ1) is 19.8. The fraction of sp³-hybridized carbons (Fsp3) is 0. The number of imidazole rings is 1. The van der Waals surface area contributed by atoms with E-state index in [0.717, 1.165) is 5.52 Å². The summed E-state index contributed by atoms with van der Waals surface area (Å²) in [5, 5.41) is 23.0. The maximum atomic E-state index is 12.8. The Labute approximate surface area is 176 Å². The molecule has 0 spiro atoms. The number of nitrogens with one attached hydrogen (secondary N) is 3. The van der Waals surface area contributed by atoms with Crippen molar-refractivity contribution in [3.05, 3.63) is 100.0 Å². The first-order valence-corrected chi connectivity index (χ1v) is 9.44. The van der Waals surface area contributed by atoms with Gasteiger partial charge in [0.15, 0.2) is 11.5 Å². The summed E-state index contributed by atoms with van der Waals surface area (Å²) in [4.78, 5) is 20.5. The molecular weight excluding hydrogens is 404 g/mol. The van der Waals surface area contributed by atoms with E-state index in [-0.39, 0.29) is 11.6 Å². The molecule has 150 valence electrons. The van der Waals surface area contributed by atoms with E-state index in [2.05, 4.69) is 15.3 Å². The standard InChI is InChI=1S/C22H17ClN4O3/c23-16-9-10-18-19(13-16)25-21(24-18)20(26-22(28)15-6-2-1-3-7-15)12-14-5-4-8-17(11-14)27(29)30/h1-13,27,29H,(H,24,25)(H,26,28)/b20-12-. The van der Waals surface area contributed by atoms with Crippen LogP contribution in [0.2, 0.25) is 5.02 Å². The number of amides is 1. The predicted octanol–water partition coefficient (Wildman–Crippen LogP) is 3.55. The van der Waals surface area contributed by atoms with Crippen molar-refractivity contribution in [2.75, 3.05) is 0 Å². The molecule has 4 aromatic rings. The van der Waals surface area contributed by atoms with Gasteiger partial charge in [-0.05, 0) is 42.0 Å². The van der Waals surface area contributed by atoms with Gasteiger partial charge in [-0.15, -0.1) is 0 Å². The molecule has 30 heavy (non-hydrogen) atoms. The Morgan fingerprint density at radius 1 is 1.10 bits per heavy atom. The van der Waals surface area contributed by atoms with Crippen LogP contribution in [-0.2, 0) is 0 Å². The Kier molecular flexibility index (Phi) is 5.60. The molecule has 0 saturated carbocycles. The second-order valence-corrected chi connectivity index (χ2v) is 6.99. The molecule has 1 amide bonds. The molecule has 4 N–H and O–H groups in total. The van der Waals surface area contributed by atoms with Crippen molar-refractivity contribution in [3.8, 4) is 0 Å². The molecule has 7 nitrogen and oxygen atoms in total. The summed E-state index contributed by atoms with van der Waals surface area (Å²) in [6.07, 6.45) is 1.67. The Morgan fingerprint density at radius 3 is 2.67 bits per heavy atom. The number of carbonyl (C=O) groups excluding carboxylic acids is 1. The van der Waals surface area contributed by atoms with Crippen LogP contribution in [-0.4, -0.2) is 21.1 Å². The van der Waals surface area contributed by atoms with Gasteiger partial charge >= 0.3 is 0 Å². The Bertz CT molecular complexity index is 1240. The first-order valence-electron chi connectivity index (χ1n) is 9.07. The minimum Gasteiger partial charge on any atom is -0.595 e. The van der Waals surface area contributed by atoms with Crippen LogP contribution in [0.1, 0.15) is 21.7 Å². The van der Waals surface area contributed by atoms with E-state index >= 15 is 0 Å². The van der Waals surface area contributed by atoms with E-state index in [9.17, 15) is 15.2 Å². The minimum atomic E-state index is -1.03. The van der Waals surface area contributed by atoms with Gasteiger partial charge in [-0.25, -0.2) is 10.2 Å². The number of benzene rings is 3. The number of hydrogen-bond acceptors (Lipinski definition) is 4. The monoisotopic (exact) mass is 420 g/mol. The summed E-state index contributed by atoms with van der Waals surface area (Å²) in [5.74, 6) is 0.118. The number of carbonyl (C=O) groups is 1. The van der Waals surface area contributed by atoms with Gasteiger partial charge in [0.25, 0.3) is 5.91 Å². The molecule has 1 aromatic heterocycles. The molecule has 4 rings (SSSR count). The highest BCUT2D eigenvalue weighted by Crippen LogP contribution is 2.22. The zero-order chi connectivity index (χ0) is 21.1. The average molecular weight is 421 g/mol. The molecular formula is C22H17ClN4O3. The lowest BCUT2D eigenvalue weighted by Gasteiger charge is -2.12. The van der Waals surface area contributed by atoms with Crippen LogP contribution in [0.15, 0.2) is 72.8 Å². The van der Waals surface area contributed by atoms with E-state index in [1.54, 1.807) is 60.7 Å². The van der Waals surface area contributed by atoms with Gasteiger partial charge in [0.05, 0.1) is 16.7 Å². The number of rotatable bonds is 5. The van der Waals surface area contributed by atoms with Crippen molar-refractivity contribution in [2.24, 2.45) is 0 Å². The fourth-order valence-electron chi connectivity index (χ4n) is 2.99. The third kappa shape index (κ3) is 4.40. The van der Waals surface area contributed by atoms with Crippen molar-refractivity contribution >= 4 is 46.0 Å². The van der Waals surface area contributed by atoms with E-state index in [1.165, 1.54) is 12.1 Å². The first-order chi connectivity index (χ1) is 14.5. The van der Waals surface area contributed by atoms with Crippen LogP contribution in [0.4, 0.5) is 5.69 Å². The molecule has 0 aliphatic carbocycles. The number of quaternary nitrogens is 1. The molecule has 8 heteroatoms. The smallest absolute Gasteiger partial charge is 0.255 e. The van der Waals surface area contributed by atoms with E-state index < -0.39 is 5.23 Å². The summed E-state index contributed by atoms with van der Waals surface area (Å²) in [7, 11) is 0. The lowest BCUT2D eigenvalue weighted by molar-refractivity contribution is -0.991. The Morgan fingerprint density at radius 2 is 1.90 bits per heavy atom. The number of aromatic nitrogens is 2. The molecule has 0 aliphatic heterocycles. The maximum absolute atomic E-state index is 12.8. The fourth-order valence-corrected chi connectivity index (χ4v) is 3.16. The lowest BCUT2D eigenvalue weighted by Crippen LogP contribution is -2.99. The van der Waals surface area contributed by atoms with Crippen molar-refractivity contribution < 1.29 is 15.2 Å². The summed E-state index contributed by atoms with van der Waals surface area (Å²) in [5.41, 5.74) is 3.05. The highest BCUT2D eigenvalue weighted by Gasteiger charge is 2.14. The molecule has 0 bridgehead atoms. The third-order valence-corrected chi connectivity index (χ3v) is 4.66. The minimum absolute atomic E-state index is 0.147. The number of H-pyrrole nitrogens is 1. The van der Waals surface area contributed by atoms with Gasteiger partial charge in [0.1, 0.15) is 0 Å². The Hall–Kier alpha value is -3.49. The Balaban J connectivity index is 1.77. The van der Waals surface area contributed by atoms with Gasteiger partial charge in [-0.3, -0.25) is 4.79 Å². The lowest BCUT2D eigenvalue weighted by atomic mass is 10.1. The SMILES string of the molecule is O=C(N/C(=C\c1cccc([NH+]([O-])O)c1)c1nc2ccc(Cl)cc2[nH]1)c1ccccc1. The molecule has 0 fully saturated rings. The number of hydrogen-bond donors (Lipinski definition) is 4. The molecule has 0 saturated heterocycles. The quantitative estimate of drug-likeness (QED) is 0.370. The molecule has 0 radical (unpaired) electrons.